The minimum absolute atomic E-state index is 0.0604. The Morgan fingerprint density at radius 2 is 1.68 bits per heavy atom. The number of amides is 1. The predicted molar refractivity (Wildman–Crippen MR) is 119 cm³/mol. The third kappa shape index (κ3) is 4.84. The molecular weight excluding hydrogens is 412 g/mol. The number of carbonyl (C=O) groups excluding carboxylic acids is 1. The van der Waals surface area contributed by atoms with Gasteiger partial charge < -0.3 is 10.1 Å². The van der Waals surface area contributed by atoms with Crippen LogP contribution in [0.25, 0.3) is 0 Å². The van der Waals surface area contributed by atoms with E-state index in [-0.39, 0.29) is 28.7 Å². The number of nitrogens with one attached hydrogen (secondary N) is 1. The molecule has 7 heteroatoms. The zero-order valence-electron chi connectivity index (χ0n) is 17.7. The number of hydrogen-bond donors (Lipinski definition) is 1. The molecule has 1 N–H and O–H groups in total. The van der Waals surface area contributed by atoms with Gasteiger partial charge in [0.1, 0.15) is 0 Å². The van der Waals surface area contributed by atoms with Crippen LogP contribution in [0.3, 0.4) is 0 Å². The lowest BCUT2D eigenvalue weighted by Gasteiger charge is -2.38. The monoisotopic (exact) mass is 442 g/mol. The summed E-state index contributed by atoms with van der Waals surface area (Å²) in [4.78, 5) is 13.3. The summed E-state index contributed by atoms with van der Waals surface area (Å²) >= 11 is 0. The average Bonchev–Trinajstić information content (AvgIpc) is 2.84. The van der Waals surface area contributed by atoms with Crippen LogP contribution >= 0.6 is 0 Å². The predicted octanol–water partition coefficient (Wildman–Crippen LogP) is 2.95. The first-order valence-corrected chi connectivity index (χ1v) is 12.4. The van der Waals surface area contributed by atoms with E-state index >= 15 is 0 Å². The molecule has 1 atom stereocenters. The number of piperidine rings is 1. The molecule has 2 fully saturated rings. The van der Waals surface area contributed by atoms with Crippen LogP contribution in [0.15, 0.2) is 65.6 Å². The van der Waals surface area contributed by atoms with E-state index in [1.807, 2.05) is 18.2 Å². The first-order chi connectivity index (χ1) is 15.0. The van der Waals surface area contributed by atoms with Crippen LogP contribution in [0.4, 0.5) is 0 Å². The molecule has 0 saturated carbocycles. The number of nitrogens with zero attached hydrogens (tertiary/aromatic N) is 1. The lowest BCUT2D eigenvalue weighted by atomic mass is 9.74. The summed E-state index contributed by atoms with van der Waals surface area (Å²) in [6.07, 6.45) is 3.10. The van der Waals surface area contributed by atoms with Gasteiger partial charge in [-0.15, -0.1) is 0 Å². The van der Waals surface area contributed by atoms with Gasteiger partial charge in [-0.25, -0.2) is 8.42 Å². The Kier molecular flexibility index (Phi) is 6.74. The number of hydrogen-bond acceptors (Lipinski definition) is 4. The van der Waals surface area contributed by atoms with Gasteiger partial charge in [0.2, 0.25) is 15.9 Å². The quantitative estimate of drug-likeness (QED) is 0.746. The molecule has 2 aromatic rings. The van der Waals surface area contributed by atoms with E-state index in [2.05, 4.69) is 17.4 Å². The molecule has 2 aliphatic rings. The van der Waals surface area contributed by atoms with E-state index in [1.165, 1.54) is 9.87 Å². The highest BCUT2D eigenvalue weighted by Crippen LogP contribution is 2.34. The molecule has 1 amide bonds. The first-order valence-electron chi connectivity index (χ1n) is 11.0. The minimum Gasteiger partial charge on any atom is -0.381 e. The SMILES string of the molecule is O=C(NCC1(c2ccccc2)CCOCC1)C1CCCN(S(=O)(=O)c2ccccc2)C1. The lowest BCUT2D eigenvalue weighted by molar-refractivity contribution is -0.126. The van der Waals surface area contributed by atoms with E-state index < -0.39 is 10.0 Å². The maximum absolute atomic E-state index is 13.1. The van der Waals surface area contributed by atoms with E-state index in [1.54, 1.807) is 30.3 Å². The van der Waals surface area contributed by atoms with Gasteiger partial charge in [-0.2, -0.15) is 4.31 Å². The van der Waals surface area contributed by atoms with Gasteiger partial charge in [-0.05, 0) is 43.4 Å². The Bertz CT molecular complexity index is 973. The highest BCUT2D eigenvalue weighted by Gasteiger charge is 2.37. The Labute approximate surface area is 184 Å². The summed E-state index contributed by atoms with van der Waals surface area (Å²) in [5.74, 6) is -0.394. The second kappa shape index (κ2) is 9.51. The number of carbonyl (C=O) groups is 1. The van der Waals surface area contributed by atoms with Crippen molar-refractivity contribution in [2.75, 3.05) is 32.8 Å². The van der Waals surface area contributed by atoms with Crippen molar-refractivity contribution in [3.63, 3.8) is 0 Å². The largest absolute Gasteiger partial charge is 0.381 e. The van der Waals surface area contributed by atoms with Crippen molar-refractivity contribution in [3.8, 4) is 0 Å². The molecule has 31 heavy (non-hydrogen) atoms. The van der Waals surface area contributed by atoms with E-state index in [0.29, 0.717) is 39.1 Å². The topological polar surface area (TPSA) is 75.7 Å². The lowest BCUT2D eigenvalue weighted by Crippen LogP contribution is -2.49. The summed E-state index contributed by atoms with van der Waals surface area (Å²) in [7, 11) is -3.58. The van der Waals surface area contributed by atoms with Crippen molar-refractivity contribution in [2.24, 2.45) is 5.92 Å². The molecule has 0 aliphatic carbocycles. The molecule has 0 spiro atoms. The second-order valence-corrected chi connectivity index (χ2v) is 10.4. The molecule has 1 unspecified atom stereocenters. The number of rotatable bonds is 6. The van der Waals surface area contributed by atoms with Crippen LogP contribution < -0.4 is 5.32 Å². The summed E-state index contributed by atoms with van der Waals surface area (Å²) in [5.41, 5.74) is 1.08. The Morgan fingerprint density at radius 3 is 2.35 bits per heavy atom. The average molecular weight is 443 g/mol. The molecule has 0 bridgehead atoms. The Hall–Kier alpha value is -2.22. The molecule has 4 rings (SSSR count). The summed E-state index contributed by atoms with van der Waals surface area (Å²) in [5, 5.41) is 3.16. The molecule has 2 heterocycles. The van der Waals surface area contributed by atoms with E-state index in [4.69, 9.17) is 4.74 Å². The van der Waals surface area contributed by atoms with Crippen LogP contribution in [-0.4, -0.2) is 51.5 Å². The molecule has 0 aromatic heterocycles. The van der Waals surface area contributed by atoms with Gasteiger partial charge in [0.05, 0.1) is 10.8 Å². The Balaban J connectivity index is 1.43. The van der Waals surface area contributed by atoms with E-state index in [0.717, 1.165) is 12.8 Å². The van der Waals surface area contributed by atoms with Crippen molar-refractivity contribution in [2.45, 2.75) is 36.0 Å². The van der Waals surface area contributed by atoms with Crippen molar-refractivity contribution >= 4 is 15.9 Å². The Morgan fingerprint density at radius 1 is 1.03 bits per heavy atom. The smallest absolute Gasteiger partial charge is 0.243 e. The summed E-state index contributed by atoms with van der Waals surface area (Å²) < 4.78 is 33.0. The molecule has 0 radical (unpaired) electrons. The van der Waals surface area contributed by atoms with Crippen molar-refractivity contribution in [3.05, 3.63) is 66.2 Å². The standard InChI is InChI=1S/C24H30N2O4S/c27-23(25-19-24(13-16-30-17-14-24)21-9-3-1-4-10-21)20-8-7-15-26(18-20)31(28,29)22-11-5-2-6-12-22/h1-6,9-12,20H,7-8,13-19H2,(H,25,27). The van der Waals surface area contributed by atoms with Gasteiger partial charge in [-0.1, -0.05) is 48.5 Å². The van der Waals surface area contributed by atoms with Gasteiger partial charge in [-0.3, -0.25) is 4.79 Å². The van der Waals surface area contributed by atoms with Crippen LogP contribution in [0, 0.1) is 5.92 Å². The van der Waals surface area contributed by atoms with Crippen molar-refractivity contribution in [1.29, 1.82) is 0 Å². The number of benzene rings is 2. The van der Waals surface area contributed by atoms with Crippen LogP contribution in [0.1, 0.15) is 31.2 Å². The summed E-state index contributed by atoms with van der Waals surface area (Å²) in [6.45, 7) is 2.58. The second-order valence-electron chi connectivity index (χ2n) is 8.49. The van der Waals surface area contributed by atoms with Crippen molar-refractivity contribution < 1.29 is 17.9 Å². The molecule has 2 aromatic carbocycles. The van der Waals surface area contributed by atoms with E-state index in [9.17, 15) is 13.2 Å². The molecule has 166 valence electrons. The zero-order valence-corrected chi connectivity index (χ0v) is 18.5. The highest BCUT2D eigenvalue weighted by atomic mass is 32.2. The van der Waals surface area contributed by atoms with Crippen LogP contribution in [0.5, 0.6) is 0 Å². The highest BCUT2D eigenvalue weighted by molar-refractivity contribution is 7.89. The fourth-order valence-electron chi connectivity index (χ4n) is 4.64. The first kappa shape index (κ1) is 22.0. The fourth-order valence-corrected chi connectivity index (χ4v) is 6.18. The molecule has 2 saturated heterocycles. The maximum atomic E-state index is 13.1. The molecule has 2 aliphatic heterocycles. The number of sulfonamides is 1. The van der Waals surface area contributed by atoms with Gasteiger partial charge in [0, 0.05) is 38.3 Å². The minimum atomic E-state index is -3.58. The van der Waals surface area contributed by atoms with Crippen LogP contribution in [-0.2, 0) is 25.0 Å². The third-order valence-electron chi connectivity index (χ3n) is 6.57. The maximum Gasteiger partial charge on any atom is 0.243 e. The molecular formula is C24H30N2O4S. The molecule has 6 nitrogen and oxygen atoms in total. The fraction of sp³-hybridized carbons (Fsp3) is 0.458. The zero-order chi connectivity index (χ0) is 21.7. The summed E-state index contributed by atoms with van der Waals surface area (Å²) in [6, 6.07) is 18.7. The van der Waals surface area contributed by atoms with Gasteiger partial charge in [0.25, 0.3) is 0 Å². The number of ether oxygens (including phenoxy) is 1. The van der Waals surface area contributed by atoms with Crippen LogP contribution in [0.2, 0.25) is 0 Å². The van der Waals surface area contributed by atoms with Gasteiger partial charge in [0.15, 0.2) is 0 Å². The van der Waals surface area contributed by atoms with Gasteiger partial charge >= 0.3 is 0 Å². The van der Waals surface area contributed by atoms with Crippen molar-refractivity contribution in [1.82, 2.24) is 9.62 Å². The normalized spacial score (nSPS) is 22.0. The third-order valence-corrected chi connectivity index (χ3v) is 8.45.